The molecule has 0 unspecified atom stereocenters. The summed E-state index contributed by atoms with van der Waals surface area (Å²) in [5, 5.41) is 13.5. The van der Waals surface area contributed by atoms with Crippen molar-refractivity contribution in [1.29, 1.82) is 0 Å². The first-order valence-corrected chi connectivity index (χ1v) is 10.8. The minimum absolute atomic E-state index is 0.0619. The Bertz CT molecular complexity index is 1180. The molecule has 0 saturated heterocycles. The Kier molecular flexibility index (Phi) is 5.76. The predicted octanol–water partition coefficient (Wildman–Crippen LogP) is 3.68. The third kappa shape index (κ3) is 4.66. The van der Waals surface area contributed by atoms with Gasteiger partial charge in [0, 0.05) is 12.1 Å². The van der Waals surface area contributed by atoms with E-state index in [2.05, 4.69) is 10.3 Å². The van der Waals surface area contributed by atoms with Crippen molar-refractivity contribution < 1.29 is 18.1 Å². The lowest BCUT2D eigenvalue weighted by molar-refractivity contribution is -0.384. The second kappa shape index (κ2) is 8.10. The number of anilines is 1. The topological polar surface area (TPSA) is 119 Å². The van der Waals surface area contributed by atoms with Crippen molar-refractivity contribution in [2.45, 2.75) is 29.4 Å². The first-order chi connectivity index (χ1) is 13.7. The van der Waals surface area contributed by atoms with E-state index >= 15 is 0 Å². The monoisotopic (exact) mass is 431 g/mol. The zero-order valence-electron chi connectivity index (χ0n) is 15.6. The molecule has 2 aromatic carbocycles. The van der Waals surface area contributed by atoms with Crippen LogP contribution in [-0.2, 0) is 21.1 Å². The van der Waals surface area contributed by atoms with Gasteiger partial charge in [0.25, 0.3) is 5.69 Å². The van der Waals surface area contributed by atoms with E-state index in [1.807, 2.05) is 32.0 Å². The molecule has 1 amide bonds. The van der Waals surface area contributed by atoms with Gasteiger partial charge in [-0.15, -0.1) is 0 Å². The zero-order valence-corrected chi connectivity index (χ0v) is 17.2. The Labute approximate surface area is 171 Å². The third-order valence-electron chi connectivity index (χ3n) is 4.20. The number of thiazole rings is 1. The average molecular weight is 431 g/mol. The maximum atomic E-state index is 12.7. The summed E-state index contributed by atoms with van der Waals surface area (Å²) in [6, 6.07) is 10.4. The Balaban J connectivity index is 1.74. The first-order valence-electron chi connectivity index (χ1n) is 8.48. The summed E-state index contributed by atoms with van der Waals surface area (Å²) in [6.45, 7) is 3.90. The van der Waals surface area contributed by atoms with Gasteiger partial charge in [0.05, 0.1) is 22.4 Å². The average Bonchev–Trinajstić information content (AvgIpc) is 3.13. The van der Waals surface area contributed by atoms with Crippen molar-refractivity contribution in [1.82, 2.24) is 4.98 Å². The third-order valence-corrected chi connectivity index (χ3v) is 7.35. The Morgan fingerprint density at radius 3 is 2.48 bits per heavy atom. The van der Waals surface area contributed by atoms with Crippen LogP contribution >= 0.6 is 11.3 Å². The van der Waals surface area contributed by atoms with Crippen molar-refractivity contribution in [2.24, 2.45) is 0 Å². The van der Waals surface area contributed by atoms with E-state index in [-0.39, 0.29) is 32.3 Å². The highest BCUT2D eigenvalue weighted by molar-refractivity contribution is 7.93. The second-order valence-corrected chi connectivity index (χ2v) is 9.60. The molecule has 0 atom stereocenters. The SMILES string of the molecule is Cc1ccc(CC(=O)Nc2ncc(S(=O)(=O)c3ccc([N+](=O)[O-])cc3)s2)c(C)c1. The van der Waals surface area contributed by atoms with E-state index in [1.165, 1.54) is 12.1 Å². The second-order valence-electron chi connectivity index (χ2n) is 6.39. The Morgan fingerprint density at radius 1 is 1.17 bits per heavy atom. The van der Waals surface area contributed by atoms with Crippen molar-refractivity contribution >= 4 is 37.9 Å². The van der Waals surface area contributed by atoms with Gasteiger partial charge in [-0.1, -0.05) is 35.1 Å². The standard InChI is InChI=1S/C19H17N3O5S2/c1-12-3-4-14(13(2)9-12)10-17(23)21-19-20-11-18(28-19)29(26,27)16-7-5-15(6-8-16)22(24)25/h3-9,11H,10H2,1-2H3,(H,20,21,23). The van der Waals surface area contributed by atoms with Gasteiger partial charge in [-0.3, -0.25) is 14.9 Å². The summed E-state index contributed by atoms with van der Waals surface area (Å²) in [5.41, 5.74) is 2.78. The molecular formula is C19H17N3O5S2. The predicted molar refractivity (Wildman–Crippen MR) is 109 cm³/mol. The Hall–Kier alpha value is -3.11. The van der Waals surface area contributed by atoms with Gasteiger partial charge in [-0.05, 0) is 37.1 Å². The summed E-state index contributed by atoms with van der Waals surface area (Å²) in [4.78, 5) is 26.3. The molecule has 0 radical (unpaired) electrons. The highest BCUT2D eigenvalue weighted by Gasteiger charge is 2.22. The lowest BCUT2D eigenvalue weighted by Crippen LogP contribution is -2.14. The molecule has 1 aromatic heterocycles. The van der Waals surface area contributed by atoms with Gasteiger partial charge < -0.3 is 5.32 Å². The number of nitrogens with zero attached hydrogens (tertiary/aromatic N) is 2. The fourth-order valence-corrected chi connectivity index (χ4v) is 5.13. The molecule has 10 heteroatoms. The van der Waals surface area contributed by atoms with Crippen LogP contribution in [-0.4, -0.2) is 24.2 Å². The number of amides is 1. The normalized spacial score (nSPS) is 11.2. The fraction of sp³-hybridized carbons (Fsp3) is 0.158. The molecule has 0 spiro atoms. The summed E-state index contributed by atoms with van der Waals surface area (Å²) in [7, 11) is -3.88. The molecule has 150 valence electrons. The van der Waals surface area contributed by atoms with Gasteiger partial charge in [-0.2, -0.15) is 0 Å². The largest absolute Gasteiger partial charge is 0.302 e. The molecular weight excluding hydrogens is 414 g/mol. The molecule has 0 aliphatic carbocycles. The van der Waals surface area contributed by atoms with Gasteiger partial charge in [0.15, 0.2) is 5.13 Å². The van der Waals surface area contributed by atoms with E-state index in [1.54, 1.807) is 0 Å². The Morgan fingerprint density at radius 2 is 1.86 bits per heavy atom. The molecule has 29 heavy (non-hydrogen) atoms. The van der Waals surface area contributed by atoms with Crippen LogP contribution in [0.2, 0.25) is 0 Å². The fourth-order valence-electron chi connectivity index (χ4n) is 2.69. The number of nitro benzene ring substituents is 1. The highest BCUT2D eigenvalue weighted by atomic mass is 32.2. The summed E-state index contributed by atoms with van der Waals surface area (Å²) < 4.78 is 25.3. The summed E-state index contributed by atoms with van der Waals surface area (Å²) in [6.07, 6.45) is 1.31. The number of aryl methyl sites for hydroxylation is 2. The quantitative estimate of drug-likeness (QED) is 0.470. The number of aromatic nitrogens is 1. The van der Waals surface area contributed by atoms with Crippen molar-refractivity contribution in [3.63, 3.8) is 0 Å². The van der Waals surface area contributed by atoms with Crippen LogP contribution in [0, 0.1) is 24.0 Å². The van der Waals surface area contributed by atoms with Crippen LogP contribution < -0.4 is 5.32 Å². The van der Waals surface area contributed by atoms with Crippen molar-refractivity contribution in [3.8, 4) is 0 Å². The van der Waals surface area contributed by atoms with E-state index < -0.39 is 14.8 Å². The minimum Gasteiger partial charge on any atom is -0.302 e. The van der Waals surface area contributed by atoms with Crippen molar-refractivity contribution in [3.05, 3.63) is 75.5 Å². The number of nitrogens with one attached hydrogen (secondary N) is 1. The molecule has 1 heterocycles. The molecule has 0 aliphatic heterocycles. The number of rotatable bonds is 6. The molecule has 3 rings (SSSR count). The number of carbonyl (C=O) groups is 1. The molecule has 0 aliphatic rings. The maximum Gasteiger partial charge on any atom is 0.269 e. The van der Waals surface area contributed by atoms with Gasteiger partial charge >= 0.3 is 0 Å². The van der Waals surface area contributed by atoms with Gasteiger partial charge in [0.2, 0.25) is 15.7 Å². The molecule has 3 aromatic rings. The zero-order chi connectivity index (χ0) is 21.2. The minimum atomic E-state index is -3.88. The number of non-ortho nitro benzene ring substituents is 1. The molecule has 0 bridgehead atoms. The van der Waals surface area contributed by atoms with Crippen LogP contribution in [0.15, 0.2) is 57.8 Å². The van der Waals surface area contributed by atoms with E-state index in [0.29, 0.717) is 0 Å². The number of hydrogen-bond acceptors (Lipinski definition) is 7. The van der Waals surface area contributed by atoms with Crippen LogP contribution in [0.5, 0.6) is 0 Å². The highest BCUT2D eigenvalue weighted by Crippen LogP contribution is 2.29. The lowest BCUT2D eigenvalue weighted by Gasteiger charge is -2.06. The number of benzene rings is 2. The molecule has 0 fully saturated rings. The van der Waals surface area contributed by atoms with Crippen LogP contribution in [0.1, 0.15) is 16.7 Å². The number of sulfone groups is 1. The first kappa shape index (κ1) is 20.6. The van der Waals surface area contributed by atoms with Crippen LogP contribution in [0.25, 0.3) is 0 Å². The summed E-state index contributed by atoms with van der Waals surface area (Å²) >= 11 is 0.826. The van der Waals surface area contributed by atoms with Crippen LogP contribution in [0.4, 0.5) is 10.8 Å². The van der Waals surface area contributed by atoms with Gasteiger partial charge in [-0.25, -0.2) is 13.4 Å². The number of hydrogen-bond donors (Lipinski definition) is 1. The van der Waals surface area contributed by atoms with Crippen molar-refractivity contribution in [2.75, 3.05) is 5.32 Å². The summed E-state index contributed by atoms with van der Waals surface area (Å²) in [5.74, 6) is -0.300. The molecule has 0 saturated carbocycles. The van der Waals surface area contributed by atoms with Crippen LogP contribution in [0.3, 0.4) is 0 Å². The van der Waals surface area contributed by atoms with E-state index in [0.717, 1.165) is 46.4 Å². The molecule has 8 nitrogen and oxygen atoms in total. The number of nitro groups is 1. The van der Waals surface area contributed by atoms with E-state index in [9.17, 15) is 23.3 Å². The molecule has 1 N–H and O–H groups in total. The smallest absolute Gasteiger partial charge is 0.269 e. The lowest BCUT2D eigenvalue weighted by atomic mass is 10.0. The van der Waals surface area contributed by atoms with Gasteiger partial charge in [0.1, 0.15) is 4.21 Å². The number of carbonyl (C=O) groups excluding carboxylic acids is 1. The maximum absolute atomic E-state index is 12.7. The van der Waals surface area contributed by atoms with E-state index in [4.69, 9.17) is 0 Å².